The summed E-state index contributed by atoms with van der Waals surface area (Å²) < 4.78 is 0. The van der Waals surface area contributed by atoms with E-state index in [4.69, 9.17) is 0 Å². The fraction of sp³-hybridized carbons (Fsp3) is 0.923. The Morgan fingerprint density at radius 1 is 1.44 bits per heavy atom. The molecular formula is C13H26N2O. The van der Waals surface area contributed by atoms with Crippen molar-refractivity contribution in [3.05, 3.63) is 0 Å². The van der Waals surface area contributed by atoms with Crippen LogP contribution in [0.15, 0.2) is 0 Å². The molecule has 94 valence electrons. The number of piperidine rings is 1. The second-order valence-corrected chi connectivity index (χ2v) is 5.31. The SMILES string of the molecule is CC(C)CCCNC(=O)N1CCCC[C@@H]1C. The molecule has 1 rings (SSSR count). The largest absolute Gasteiger partial charge is 0.338 e. The average molecular weight is 226 g/mol. The number of nitrogens with zero attached hydrogens (tertiary/aromatic N) is 1. The topological polar surface area (TPSA) is 32.3 Å². The van der Waals surface area contributed by atoms with Gasteiger partial charge in [-0.15, -0.1) is 0 Å². The number of rotatable bonds is 4. The molecule has 1 heterocycles. The Balaban J connectivity index is 2.18. The molecule has 1 atom stereocenters. The van der Waals surface area contributed by atoms with E-state index in [0.29, 0.717) is 6.04 Å². The first-order chi connectivity index (χ1) is 7.61. The number of likely N-dealkylation sites (tertiary alicyclic amines) is 1. The van der Waals surface area contributed by atoms with Crippen LogP contribution in [0.3, 0.4) is 0 Å². The van der Waals surface area contributed by atoms with E-state index >= 15 is 0 Å². The van der Waals surface area contributed by atoms with Gasteiger partial charge in [0.2, 0.25) is 0 Å². The fourth-order valence-corrected chi connectivity index (χ4v) is 2.21. The first-order valence-corrected chi connectivity index (χ1v) is 6.65. The summed E-state index contributed by atoms with van der Waals surface area (Å²) in [5, 5.41) is 3.03. The predicted octanol–water partition coefficient (Wildman–Crippen LogP) is 3.01. The van der Waals surface area contributed by atoms with Crippen LogP contribution in [0, 0.1) is 5.92 Å². The van der Waals surface area contributed by atoms with E-state index in [-0.39, 0.29) is 6.03 Å². The summed E-state index contributed by atoms with van der Waals surface area (Å²) >= 11 is 0. The Morgan fingerprint density at radius 2 is 2.19 bits per heavy atom. The highest BCUT2D eigenvalue weighted by molar-refractivity contribution is 5.74. The predicted molar refractivity (Wildman–Crippen MR) is 67.5 cm³/mol. The molecule has 1 aliphatic rings. The standard InChI is InChI=1S/C13H26N2O/c1-11(2)7-6-9-14-13(16)15-10-5-4-8-12(15)3/h11-12H,4-10H2,1-3H3,(H,14,16)/t12-/m0/s1. The summed E-state index contributed by atoms with van der Waals surface area (Å²) in [5.74, 6) is 0.728. The summed E-state index contributed by atoms with van der Waals surface area (Å²) in [6, 6.07) is 0.551. The van der Waals surface area contributed by atoms with Gasteiger partial charge in [-0.2, -0.15) is 0 Å². The van der Waals surface area contributed by atoms with Gasteiger partial charge in [0.1, 0.15) is 0 Å². The van der Waals surface area contributed by atoms with Crippen LogP contribution >= 0.6 is 0 Å². The molecule has 1 aliphatic heterocycles. The Morgan fingerprint density at radius 3 is 2.81 bits per heavy atom. The van der Waals surface area contributed by atoms with E-state index in [0.717, 1.165) is 38.3 Å². The Bertz CT molecular complexity index is 216. The van der Waals surface area contributed by atoms with Crippen LogP contribution in [-0.4, -0.2) is 30.1 Å². The molecule has 0 saturated carbocycles. The van der Waals surface area contributed by atoms with Crippen molar-refractivity contribution in [2.24, 2.45) is 5.92 Å². The van der Waals surface area contributed by atoms with Crippen molar-refractivity contribution in [2.45, 2.75) is 58.9 Å². The van der Waals surface area contributed by atoms with Gasteiger partial charge in [0.15, 0.2) is 0 Å². The molecule has 16 heavy (non-hydrogen) atoms. The Kier molecular flexibility index (Phi) is 5.64. The summed E-state index contributed by atoms with van der Waals surface area (Å²) in [5.41, 5.74) is 0. The van der Waals surface area contributed by atoms with Gasteiger partial charge in [-0.3, -0.25) is 0 Å². The lowest BCUT2D eigenvalue weighted by atomic mass is 10.0. The second-order valence-electron chi connectivity index (χ2n) is 5.31. The van der Waals surface area contributed by atoms with Crippen LogP contribution in [0.25, 0.3) is 0 Å². The zero-order chi connectivity index (χ0) is 12.0. The smallest absolute Gasteiger partial charge is 0.317 e. The van der Waals surface area contributed by atoms with Crippen molar-refractivity contribution in [2.75, 3.05) is 13.1 Å². The Labute approximate surface area is 99.6 Å². The highest BCUT2D eigenvalue weighted by atomic mass is 16.2. The van der Waals surface area contributed by atoms with Gasteiger partial charge in [0.25, 0.3) is 0 Å². The minimum Gasteiger partial charge on any atom is -0.338 e. The van der Waals surface area contributed by atoms with Crippen molar-refractivity contribution in [3.63, 3.8) is 0 Å². The molecule has 0 radical (unpaired) electrons. The van der Waals surface area contributed by atoms with Crippen LogP contribution in [0.2, 0.25) is 0 Å². The van der Waals surface area contributed by atoms with Gasteiger partial charge >= 0.3 is 6.03 Å². The van der Waals surface area contributed by atoms with Crippen molar-refractivity contribution in [3.8, 4) is 0 Å². The van der Waals surface area contributed by atoms with Gasteiger partial charge in [-0.25, -0.2) is 4.79 Å². The molecule has 3 heteroatoms. The van der Waals surface area contributed by atoms with Gasteiger partial charge < -0.3 is 10.2 Å². The average Bonchev–Trinajstić information content (AvgIpc) is 2.24. The molecule has 0 bridgehead atoms. The third-order valence-corrected chi connectivity index (χ3v) is 3.30. The highest BCUT2D eigenvalue weighted by Crippen LogP contribution is 2.16. The maximum atomic E-state index is 11.9. The first kappa shape index (κ1) is 13.3. The number of nitrogens with one attached hydrogen (secondary N) is 1. The van der Waals surface area contributed by atoms with E-state index in [1.807, 2.05) is 4.90 Å². The minimum atomic E-state index is 0.135. The normalized spacial score (nSPS) is 21.2. The van der Waals surface area contributed by atoms with E-state index in [9.17, 15) is 4.79 Å². The zero-order valence-corrected chi connectivity index (χ0v) is 11.0. The summed E-state index contributed by atoms with van der Waals surface area (Å²) in [7, 11) is 0. The Hall–Kier alpha value is -0.730. The maximum Gasteiger partial charge on any atom is 0.317 e. The number of hydrogen-bond donors (Lipinski definition) is 1. The molecule has 0 aliphatic carbocycles. The quantitative estimate of drug-likeness (QED) is 0.734. The molecule has 1 N–H and O–H groups in total. The van der Waals surface area contributed by atoms with Crippen LogP contribution < -0.4 is 5.32 Å². The van der Waals surface area contributed by atoms with Crippen LogP contribution in [0.1, 0.15) is 52.9 Å². The van der Waals surface area contributed by atoms with Crippen LogP contribution in [-0.2, 0) is 0 Å². The lowest BCUT2D eigenvalue weighted by molar-refractivity contribution is 0.158. The second kappa shape index (κ2) is 6.77. The van der Waals surface area contributed by atoms with E-state index in [1.54, 1.807) is 0 Å². The maximum absolute atomic E-state index is 11.9. The van der Waals surface area contributed by atoms with Crippen molar-refractivity contribution in [1.82, 2.24) is 10.2 Å². The van der Waals surface area contributed by atoms with Gasteiger partial charge in [0, 0.05) is 19.1 Å². The van der Waals surface area contributed by atoms with Crippen molar-refractivity contribution in [1.29, 1.82) is 0 Å². The van der Waals surface area contributed by atoms with Crippen LogP contribution in [0.4, 0.5) is 4.79 Å². The van der Waals surface area contributed by atoms with E-state index in [2.05, 4.69) is 26.1 Å². The molecule has 1 fully saturated rings. The van der Waals surface area contributed by atoms with Gasteiger partial charge in [-0.1, -0.05) is 13.8 Å². The van der Waals surface area contributed by atoms with Gasteiger partial charge in [0.05, 0.1) is 0 Å². The number of carbonyl (C=O) groups excluding carboxylic acids is 1. The molecule has 0 aromatic rings. The van der Waals surface area contributed by atoms with Gasteiger partial charge in [-0.05, 0) is 44.9 Å². The summed E-state index contributed by atoms with van der Waals surface area (Å²) in [6.07, 6.45) is 5.85. The van der Waals surface area contributed by atoms with Crippen LogP contribution in [0.5, 0.6) is 0 Å². The molecule has 0 aromatic carbocycles. The molecule has 0 unspecified atom stereocenters. The molecule has 2 amide bonds. The summed E-state index contributed by atoms with van der Waals surface area (Å²) in [4.78, 5) is 13.9. The molecule has 0 spiro atoms. The molecule has 0 aromatic heterocycles. The third-order valence-electron chi connectivity index (χ3n) is 3.30. The van der Waals surface area contributed by atoms with E-state index in [1.165, 1.54) is 12.8 Å². The highest BCUT2D eigenvalue weighted by Gasteiger charge is 2.22. The summed E-state index contributed by atoms with van der Waals surface area (Å²) in [6.45, 7) is 8.33. The number of amides is 2. The third kappa shape index (κ3) is 4.42. The number of carbonyl (C=O) groups is 1. The minimum absolute atomic E-state index is 0.135. The monoisotopic (exact) mass is 226 g/mol. The van der Waals surface area contributed by atoms with Crippen molar-refractivity contribution < 1.29 is 4.79 Å². The van der Waals surface area contributed by atoms with E-state index < -0.39 is 0 Å². The molecular weight excluding hydrogens is 200 g/mol. The fourth-order valence-electron chi connectivity index (χ4n) is 2.21. The lowest BCUT2D eigenvalue weighted by Crippen LogP contribution is -2.47. The molecule has 1 saturated heterocycles. The lowest BCUT2D eigenvalue weighted by Gasteiger charge is -2.33. The first-order valence-electron chi connectivity index (χ1n) is 6.65. The number of urea groups is 1. The zero-order valence-electron chi connectivity index (χ0n) is 11.0. The number of hydrogen-bond acceptors (Lipinski definition) is 1. The van der Waals surface area contributed by atoms with Crippen molar-refractivity contribution >= 4 is 6.03 Å². The molecule has 3 nitrogen and oxygen atoms in total.